The summed E-state index contributed by atoms with van der Waals surface area (Å²) in [4.78, 5) is 11.9. The maximum Gasteiger partial charge on any atom is 0.242 e. The Morgan fingerprint density at radius 1 is 1.42 bits per heavy atom. The van der Waals surface area contributed by atoms with Crippen molar-refractivity contribution >= 4 is 27.7 Å². The van der Waals surface area contributed by atoms with Crippen LogP contribution >= 0.6 is 15.9 Å². The van der Waals surface area contributed by atoms with Gasteiger partial charge in [-0.2, -0.15) is 5.10 Å². The zero-order chi connectivity index (χ0) is 13.8. The van der Waals surface area contributed by atoms with Crippen molar-refractivity contribution in [3.63, 3.8) is 0 Å². The van der Waals surface area contributed by atoms with Crippen molar-refractivity contribution in [1.29, 1.82) is 0 Å². The summed E-state index contributed by atoms with van der Waals surface area (Å²) in [5, 5.41) is 6.89. The molecule has 1 amide bonds. The zero-order valence-electron chi connectivity index (χ0n) is 10.5. The maximum absolute atomic E-state index is 11.9. The lowest BCUT2D eigenvalue weighted by Gasteiger charge is -2.14. The fourth-order valence-corrected chi connectivity index (χ4v) is 2.00. The summed E-state index contributed by atoms with van der Waals surface area (Å²) in [5.74, 6) is 0.312. The molecule has 19 heavy (non-hydrogen) atoms. The van der Waals surface area contributed by atoms with Crippen molar-refractivity contribution in [3.8, 4) is 0 Å². The molecule has 0 fully saturated rings. The Morgan fingerprint density at radius 2 is 2.11 bits per heavy atom. The normalized spacial score (nSPS) is 12.1. The molecule has 5 nitrogen and oxygen atoms in total. The molecule has 0 bridgehead atoms. The molecule has 1 aromatic carbocycles. The van der Waals surface area contributed by atoms with Gasteiger partial charge in [0, 0.05) is 10.7 Å². The van der Waals surface area contributed by atoms with Crippen molar-refractivity contribution in [2.45, 2.75) is 19.5 Å². The van der Waals surface area contributed by atoms with Crippen LogP contribution in [0.3, 0.4) is 0 Å². The highest BCUT2D eigenvalue weighted by Gasteiger charge is 2.10. The lowest BCUT2D eigenvalue weighted by Crippen LogP contribution is -2.30. The number of anilines is 1. The summed E-state index contributed by atoms with van der Waals surface area (Å²) < 4.78 is 2.53. The molecule has 0 aliphatic heterocycles. The van der Waals surface area contributed by atoms with Gasteiger partial charge in [0.1, 0.15) is 12.4 Å². The Kier molecular flexibility index (Phi) is 4.21. The number of amides is 1. The molecule has 0 radical (unpaired) electrons. The topological polar surface area (TPSA) is 72.9 Å². The SMILES string of the molecule is C[C@H](NC(=O)Cn1ccc(N)n1)c1ccc(Br)cc1. The van der Waals surface area contributed by atoms with E-state index in [0.29, 0.717) is 5.82 Å². The first kappa shape index (κ1) is 13.6. The van der Waals surface area contributed by atoms with Gasteiger partial charge in [-0.3, -0.25) is 9.48 Å². The molecule has 3 N–H and O–H groups in total. The molecular formula is C13H15BrN4O. The van der Waals surface area contributed by atoms with Gasteiger partial charge in [0.25, 0.3) is 0 Å². The van der Waals surface area contributed by atoms with Crippen LogP contribution in [0.5, 0.6) is 0 Å². The van der Waals surface area contributed by atoms with E-state index in [1.807, 2.05) is 31.2 Å². The second-order valence-corrected chi connectivity index (χ2v) is 5.19. The highest BCUT2D eigenvalue weighted by atomic mass is 79.9. The molecule has 0 unspecified atom stereocenters. The third-order valence-electron chi connectivity index (χ3n) is 2.71. The highest BCUT2D eigenvalue weighted by Crippen LogP contribution is 2.16. The number of carbonyl (C=O) groups excluding carboxylic acids is 1. The number of nitrogens with zero attached hydrogens (tertiary/aromatic N) is 2. The van der Waals surface area contributed by atoms with Gasteiger partial charge in [0.05, 0.1) is 6.04 Å². The van der Waals surface area contributed by atoms with Crippen LogP contribution in [-0.4, -0.2) is 15.7 Å². The predicted octanol–water partition coefficient (Wildman–Crippen LogP) is 2.11. The Morgan fingerprint density at radius 3 is 2.68 bits per heavy atom. The van der Waals surface area contributed by atoms with Crippen LogP contribution in [0.25, 0.3) is 0 Å². The summed E-state index contributed by atoms with van der Waals surface area (Å²) in [6, 6.07) is 9.46. The molecule has 2 aromatic rings. The summed E-state index contributed by atoms with van der Waals surface area (Å²) >= 11 is 3.38. The number of hydrogen-bond donors (Lipinski definition) is 2. The van der Waals surface area contributed by atoms with E-state index < -0.39 is 0 Å². The number of aromatic nitrogens is 2. The number of nitrogen functional groups attached to an aromatic ring is 1. The molecule has 0 saturated carbocycles. The van der Waals surface area contributed by atoms with Crippen LogP contribution in [0.15, 0.2) is 41.0 Å². The smallest absolute Gasteiger partial charge is 0.242 e. The van der Waals surface area contributed by atoms with Gasteiger partial charge in [-0.1, -0.05) is 28.1 Å². The molecule has 1 heterocycles. The number of rotatable bonds is 4. The Labute approximate surface area is 119 Å². The molecule has 0 spiro atoms. The minimum absolute atomic E-state index is 0.0477. The number of nitrogens with two attached hydrogens (primary N) is 1. The molecule has 0 saturated heterocycles. The fourth-order valence-electron chi connectivity index (χ4n) is 1.73. The van der Waals surface area contributed by atoms with Gasteiger partial charge in [-0.25, -0.2) is 0 Å². The van der Waals surface area contributed by atoms with Crippen LogP contribution in [0.1, 0.15) is 18.5 Å². The predicted molar refractivity (Wildman–Crippen MR) is 77.3 cm³/mol. The van der Waals surface area contributed by atoms with E-state index in [1.54, 1.807) is 12.3 Å². The highest BCUT2D eigenvalue weighted by molar-refractivity contribution is 9.10. The maximum atomic E-state index is 11.9. The van der Waals surface area contributed by atoms with Crippen molar-refractivity contribution in [1.82, 2.24) is 15.1 Å². The molecule has 0 aliphatic carbocycles. The van der Waals surface area contributed by atoms with Crippen molar-refractivity contribution < 1.29 is 4.79 Å². The number of carbonyl (C=O) groups is 1. The number of benzene rings is 1. The van der Waals surface area contributed by atoms with Gasteiger partial charge < -0.3 is 11.1 Å². The third kappa shape index (κ3) is 3.82. The molecule has 0 aliphatic rings. The number of halogens is 1. The van der Waals surface area contributed by atoms with Crippen LogP contribution in [0, 0.1) is 0 Å². The molecule has 2 rings (SSSR count). The average Bonchev–Trinajstić information content (AvgIpc) is 2.75. The molecule has 6 heteroatoms. The molecule has 1 aromatic heterocycles. The Hall–Kier alpha value is -1.82. The molecular weight excluding hydrogens is 308 g/mol. The quantitative estimate of drug-likeness (QED) is 0.905. The third-order valence-corrected chi connectivity index (χ3v) is 3.24. The van der Waals surface area contributed by atoms with E-state index in [2.05, 4.69) is 26.3 Å². The second-order valence-electron chi connectivity index (χ2n) is 4.28. The first-order valence-electron chi connectivity index (χ1n) is 5.88. The first-order valence-corrected chi connectivity index (χ1v) is 6.67. The summed E-state index contributed by atoms with van der Waals surface area (Å²) in [6.45, 7) is 2.11. The van der Waals surface area contributed by atoms with Gasteiger partial charge in [-0.05, 0) is 30.7 Å². The van der Waals surface area contributed by atoms with Gasteiger partial charge in [0.2, 0.25) is 5.91 Å². The van der Waals surface area contributed by atoms with Crippen molar-refractivity contribution in [3.05, 3.63) is 46.6 Å². The van der Waals surface area contributed by atoms with Gasteiger partial charge in [-0.15, -0.1) is 0 Å². The van der Waals surface area contributed by atoms with Crippen LogP contribution < -0.4 is 11.1 Å². The van der Waals surface area contributed by atoms with Crippen molar-refractivity contribution in [2.24, 2.45) is 0 Å². The molecule has 100 valence electrons. The van der Waals surface area contributed by atoms with Crippen LogP contribution in [0.4, 0.5) is 5.82 Å². The van der Waals surface area contributed by atoms with E-state index in [0.717, 1.165) is 10.0 Å². The zero-order valence-corrected chi connectivity index (χ0v) is 12.1. The van der Waals surface area contributed by atoms with Gasteiger partial charge >= 0.3 is 0 Å². The number of hydrogen-bond acceptors (Lipinski definition) is 3. The Bertz CT molecular complexity index is 564. The fraction of sp³-hybridized carbons (Fsp3) is 0.231. The standard InChI is InChI=1S/C13H15BrN4O/c1-9(10-2-4-11(14)5-3-10)16-13(19)8-18-7-6-12(15)17-18/h2-7,9H,8H2,1H3,(H2,15,17)(H,16,19)/t9-/m0/s1. The van der Waals surface area contributed by atoms with E-state index in [1.165, 1.54) is 4.68 Å². The summed E-state index contributed by atoms with van der Waals surface area (Å²) in [5.41, 5.74) is 6.55. The van der Waals surface area contributed by atoms with E-state index in [4.69, 9.17) is 5.73 Å². The van der Waals surface area contributed by atoms with E-state index in [-0.39, 0.29) is 18.5 Å². The van der Waals surface area contributed by atoms with Crippen LogP contribution in [-0.2, 0) is 11.3 Å². The first-order chi connectivity index (χ1) is 9.04. The molecule has 1 atom stereocenters. The van der Waals surface area contributed by atoms with E-state index >= 15 is 0 Å². The van der Waals surface area contributed by atoms with Gasteiger partial charge in [0.15, 0.2) is 0 Å². The number of nitrogens with one attached hydrogen (secondary N) is 1. The summed E-state index contributed by atoms with van der Waals surface area (Å²) in [6.07, 6.45) is 1.68. The monoisotopic (exact) mass is 322 g/mol. The Balaban J connectivity index is 1.93. The van der Waals surface area contributed by atoms with Crippen LogP contribution in [0.2, 0.25) is 0 Å². The minimum Gasteiger partial charge on any atom is -0.382 e. The second kappa shape index (κ2) is 5.88. The summed E-state index contributed by atoms with van der Waals surface area (Å²) in [7, 11) is 0. The lowest BCUT2D eigenvalue weighted by atomic mass is 10.1. The van der Waals surface area contributed by atoms with E-state index in [9.17, 15) is 4.79 Å². The lowest BCUT2D eigenvalue weighted by molar-refractivity contribution is -0.122. The van der Waals surface area contributed by atoms with Crippen molar-refractivity contribution in [2.75, 3.05) is 5.73 Å². The minimum atomic E-state index is -0.0986. The largest absolute Gasteiger partial charge is 0.382 e. The average molecular weight is 323 g/mol.